The summed E-state index contributed by atoms with van der Waals surface area (Å²) in [6, 6.07) is 10.6. The van der Waals surface area contributed by atoms with Crippen molar-refractivity contribution < 1.29 is 9.00 Å². The lowest BCUT2D eigenvalue weighted by atomic mass is 9.89. The van der Waals surface area contributed by atoms with Crippen LogP contribution in [0, 0.1) is 5.92 Å². The molecule has 1 aromatic rings. The van der Waals surface area contributed by atoms with Crippen molar-refractivity contribution in [3.05, 3.63) is 35.9 Å². The Morgan fingerprint density at radius 2 is 1.75 bits per heavy atom. The van der Waals surface area contributed by atoms with Gasteiger partial charge in [0.2, 0.25) is 5.91 Å². The lowest BCUT2D eigenvalue weighted by molar-refractivity contribution is -0.136. The second-order valence-corrected chi connectivity index (χ2v) is 8.71. The van der Waals surface area contributed by atoms with E-state index < -0.39 is 10.8 Å². The van der Waals surface area contributed by atoms with Gasteiger partial charge in [-0.3, -0.25) is 13.9 Å². The predicted octanol–water partition coefficient (Wildman–Crippen LogP) is 1.92. The molecule has 0 unspecified atom stereocenters. The fraction of sp³-hybridized carbons (Fsp3) is 0.632. The number of amides is 1. The van der Waals surface area contributed by atoms with E-state index in [0.717, 1.165) is 38.3 Å². The SMILES string of the molecule is C[C@H](C(=O)N1CCS(=O)CC1)N1CCC(Cc2ccccc2)CC1. The maximum atomic E-state index is 12.7. The van der Waals surface area contributed by atoms with Crippen molar-refractivity contribution in [1.82, 2.24) is 9.80 Å². The summed E-state index contributed by atoms with van der Waals surface area (Å²) in [5.74, 6) is 2.21. The normalized spacial score (nSPS) is 22.5. The van der Waals surface area contributed by atoms with Crippen LogP contribution in [0.3, 0.4) is 0 Å². The minimum atomic E-state index is -0.727. The molecule has 1 atom stereocenters. The Morgan fingerprint density at radius 1 is 1.12 bits per heavy atom. The summed E-state index contributed by atoms with van der Waals surface area (Å²) in [6.45, 7) is 5.35. The minimum absolute atomic E-state index is 0.0470. The van der Waals surface area contributed by atoms with Crippen LogP contribution >= 0.6 is 0 Å². The predicted molar refractivity (Wildman–Crippen MR) is 98.4 cm³/mol. The Labute approximate surface area is 147 Å². The molecule has 1 amide bonds. The summed E-state index contributed by atoms with van der Waals surface area (Å²) in [5, 5.41) is 0. The average molecular weight is 349 g/mol. The van der Waals surface area contributed by atoms with Gasteiger partial charge in [-0.2, -0.15) is 0 Å². The molecule has 1 aromatic carbocycles. The monoisotopic (exact) mass is 348 g/mol. The molecule has 24 heavy (non-hydrogen) atoms. The summed E-state index contributed by atoms with van der Waals surface area (Å²) < 4.78 is 11.5. The van der Waals surface area contributed by atoms with E-state index in [-0.39, 0.29) is 11.9 Å². The highest BCUT2D eigenvalue weighted by atomic mass is 32.2. The van der Waals surface area contributed by atoms with E-state index in [0.29, 0.717) is 24.6 Å². The van der Waals surface area contributed by atoms with Crippen LogP contribution in [-0.2, 0) is 22.0 Å². The number of nitrogens with zero attached hydrogens (tertiary/aromatic N) is 2. The number of likely N-dealkylation sites (tertiary alicyclic amines) is 1. The van der Waals surface area contributed by atoms with E-state index in [1.807, 2.05) is 11.8 Å². The van der Waals surface area contributed by atoms with E-state index in [2.05, 4.69) is 35.2 Å². The molecule has 0 spiro atoms. The molecule has 0 aromatic heterocycles. The van der Waals surface area contributed by atoms with E-state index in [9.17, 15) is 9.00 Å². The number of piperidine rings is 1. The van der Waals surface area contributed by atoms with Crippen molar-refractivity contribution in [3.63, 3.8) is 0 Å². The quantitative estimate of drug-likeness (QED) is 0.835. The number of carbonyl (C=O) groups excluding carboxylic acids is 1. The molecule has 2 fully saturated rings. The summed E-state index contributed by atoms with van der Waals surface area (Å²) >= 11 is 0. The van der Waals surface area contributed by atoms with Gasteiger partial charge in [0, 0.05) is 35.4 Å². The second kappa shape index (κ2) is 8.26. The Kier molecular flexibility index (Phi) is 6.06. The third kappa shape index (κ3) is 4.45. The van der Waals surface area contributed by atoms with Gasteiger partial charge in [0.05, 0.1) is 6.04 Å². The highest BCUT2D eigenvalue weighted by molar-refractivity contribution is 7.85. The standard InChI is InChI=1S/C19H28N2O2S/c1-16(19(22)21-11-13-24(23)14-12-21)20-9-7-18(8-10-20)15-17-5-3-2-4-6-17/h2-6,16,18H,7-15H2,1H3/t16-/m1/s1. The van der Waals surface area contributed by atoms with Crippen LogP contribution < -0.4 is 0 Å². The second-order valence-electron chi connectivity index (χ2n) is 7.02. The first-order chi connectivity index (χ1) is 11.6. The van der Waals surface area contributed by atoms with Gasteiger partial charge in [0.15, 0.2) is 0 Å². The van der Waals surface area contributed by atoms with Gasteiger partial charge in [-0.15, -0.1) is 0 Å². The largest absolute Gasteiger partial charge is 0.340 e. The molecular formula is C19H28N2O2S. The van der Waals surface area contributed by atoms with Gasteiger partial charge >= 0.3 is 0 Å². The number of hydrogen-bond donors (Lipinski definition) is 0. The van der Waals surface area contributed by atoms with Crippen LogP contribution in [0.2, 0.25) is 0 Å². The lowest BCUT2D eigenvalue weighted by Crippen LogP contribution is -2.52. The highest BCUT2D eigenvalue weighted by Gasteiger charge is 2.30. The zero-order valence-electron chi connectivity index (χ0n) is 14.5. The van der Waals surface area contributed by atoms with Crippen LogP contribution in [0.4, 0.5) is 0 Å². The maximum absolute atomic E-state index is 12.7. The van der Waals surface area contributed by atoms with Gasteiger partial charge in [0.1, 0.15) is 0 Å². The third-order valence-electron chi connectivity index (χ3n) is 5.41. The molecule has 0 bridgehead atoms. The molecule has 2 saturated heterocycles. The minimum Gasteiger partial charge on any atom is -0.340 e. The van der Waals surface area contributed by atoms with E-state index in [4.69, 9.17) is 0 Å². The lowest BCUT2D eigenvalue weighted by Gasteiger charge is -2.38. The Hall–Kier alpha value is -1.20. The fourth-order valence-electron chi connectivity index (χ4n) is 3.77. The molecule has 5 heteroatoms. The van der Waals surface area contributed by atoms with E-state index in [1.165, 1.54) is 5.56 Å². The van der Waals surface area contributed by atoms with Crippen molar-refractivity contribution in [2.45, 2.75) is 32.2 Å². The van der Waals surface area contributed by atoms with E-state index in [1.54, 1.807) is 0 Å². The summed E-state index contributed by atoms with van der Waals surface area (Å²) in [6.07, 6.45) is 3.47. The first kappa shape index (κ1) is 17.6. The zero-order chi connectivity index (χ0) is 16.9. The highest BCUT2D eigenvalue weighted by Crippen LogP contribution is 2.23. The first-order valence-corrected chi connectivity index (χ1v) is 10.5. The van der Waals surface area contributed by atoms with Crippen LogP contribution in [0.25, 0.3) is 0 Å². The number of rotatable bonds is 4. The first-order valence-electron chi connectivity index (χ1n) is 9.05. The van der Waals surface area contributed by atoms with Crippen molar-refractivity contribution in [1.29, 1.82) is 0 Å². The van der Waals surface area contributed by atoms with Gasteiger partial charge in [-0.25, -0.2) is 0 Å². The van der Waals surface area contributed by atoms with Crippen LogP contribution in [0.15, 0.2) is 30.3 Å². The topological polar surface area (TPSA) is 40.6 Å². The summed E-state index contributed by atoms with van der Waals surface area (Å²) in [5.41, 5.74) is 1.42. The molecule has 3 rings (SSSR count). The van der Waals surface area contributed by atoms with Crippen molar-refractivity contribution >= 4 is 16.7 Å². The molecule has 2 heterocycles. The number of carbonyl (C=O) groups is 1. The molecule has 0 N–H and O–H groups in total. The molecule has 2 aliphatic heterocycles. The Balaban J connectivity index is 1.47. The van der Waals surface area contributed by atoms with Gasteiger partial charge < -0.3 is 4.90 Å². The zero-order valence-corrected chi connectivity index (χ0v) is 15.3. The maximum Gasteiger partial charge on any atom is 0.239 e. The fourth-order valence-corrected chi connectivity index (χ4v) is 4.82. The van der Waals surface area contributed by atoms with Gasteiger partial charge in [0.25, 0.3) is 0 Å². The number of hydrogen-bond acceptors (Lipinski definition) is 3. The van der Waals surface area contributed by atoms with Crippen molar-refractivity contribution in [2.24, 2.45) is 5.92 Å². The average Bonchev–Trinajstić information content (AvgIpc) is 2.63. The third-order valence-corrected chi connectivity index (χ3v) is 6.69. The summed E-state index contributed by atoms with van der Waals surface area (Å²) in [7, 11) is -0.727. The van der Waals surface area contributed by atoms with E-state index >= 15 is 0 Å². The Bertz CT molecular complexity index is 560. The van der Waals surface area contributed by atoms with Crippen LogP contribution in [0.1, 0.15) is 25.3 Å². The summed E-state index contributed by atoms with van der Waals surface area (Å²) in [4.78, 5) is 16.9. The molecule has 4 nitrogen and oxygen atoms in total. The molecule has 132 valence electrons. The van der Waals surface area contributed by atoms with Crippen LogP contribution in [-0.4, -0.2) is 63.6 Å². The molecular weight excluding hydrogens is 320 g/mol. The molecule has 2 aliphatic rings. The molecule has 0 radical (unpaired) electrons. The van der Waals surface area contributed by atoms with Gasteiger partial charge in [-0.05, 0) is 50.8 Å². The smallest absolute Gasteiger partial charge is 0.239 e. The molecule has 0 saturated carbocycles. The van der Waals surface area contributed by atoms with Crippen molar-refractivity contribution in [3.8, 4) is 0 Å². The Morgan fingerprint density at radius 3 is 2.38 bits per heavy atom. The van der Waals surface area contributed by atoms with Crippen LogP contribution in [0.5, 0.6) is 0 Å². The van der Waals surface area contributed by atoms with Crippen molar-refractivity contribution in [2.75, 3.05) is 37.7 Å². The van der Waals surface area contributed by atoms with Gasteiger partial charge in [-0.1, -0.05) is 30.3 Å². The number of benzene rings is 1. The molecule has 0 aliphatic carbocycles.